The van der Waals surface area contributed by atoms with Gasteiger partial charge in [-0.1, -0.05) is 74.0 Å². The summed E-state index contributed by atoms with van der Waals surface area (Å²) in [5, 5.41) is 3.17. The third-order valence-electron chi connectivity index (χ3n) is 6.45. The third-order valence-corrected chi connectivity index (χ3v) is 6.45. The fraction of sp³-hybridized carbons (Fsp3) is 0.273. The molecule has 0 saturated heterocycles. The number of carbonyl (C=O) groups excluding carboxylic acids is 4. The van der Waals surface area contributed by atoms with Gasteiger partial charge < -0.3 is 34.0 Å². The first-order valence-electron chi connectivity index (χ1n) is 14.2. The van der Waals surface area contributed by atoms with Crippen LogP contribution in [0.4, 0.5) is 9.59 Å². The lowest BCUT2D eigenvalue weighted by Crippen LogP contribution is -2.44. The van der Waals surface area contributed by atoms with Crippen molar-refractivity contribution >= 4 is 35.1 Å². The Morgan fingerprint density at radius 3 is 2.18 bits per heavy atom. The molecule has 0 bridgehead atoms. The van der Waals surface area contributed by atoms with Crippen LogP contribution in [-0.2, 0) is 48.2 Å². The van der Waals surface area contributed by atoms with E-state index >= 15 is 0 Å². The molecular formula is C33H34N2O9. The van der Waals surface area contributed by atoms with Crippen molar-refractivity contribution in [1.29, 1.82) is 0 Å². The molecule has 1 aromatic heterocycles. The molecule has 0 aliphatic rings. The Morgan fingerprint density at radius 1 is 0.818 bits per heavy atom. The number of rotatable bonds is 14. The van der Waals surface area contributed by atoms with Gasteiger partial charge >= 0.3 is 24.2 Å². The first kappa shape index (κ1) is 31.6. The highest BCUT2D eigenvalue weighted by molar-refractivity contribution is 5.88. The van der Waals surface area contributed by atoms with E-state index in [0.29, 0.717) is 22.9 Å². The number of alkyl carbamates (subject to hydrolysis) is 1. The van der Waals surface area contributed by atoms with Crippen molar-refractivity contribution < 1.29 is 42.9 Å². The van der Waals surface area contributed by atoms with Crippen LogP contribution in [0.15, 0.2) is 85.1 Å². The van der Waals surface area contributed by atoms with Crippen molar-refractivity contribution in [3.8, 4) is 5.75 Å². The Hall–Kier alpha value is -5.32. The second kappa shape index (κ2) is 16.4. The summed E-state index contributed by atoms with van der Waals surface area (Å²) in [6.45, 7) is 1.63. The number of carbonyl (C=O) groups is 4. The summed E-state index contributed by atoms with van der Waals surface area (Å²) < 4.78 is 26.1. The monoisotopic (exact) mass is 602 g/mol. The van der Waals surface area contributed by atoms with E-state index < -0.39 is 36.8 Å². The van der Waals surface area contributed by atoms with Gasteiger partial charge in [0, 0.05) is 23.5 Å². The summed E-state index contributed by atoms with van der Waals surface area (Å²) >= 11 is 0. The van der Waals surface area contributed by atoms with E-state index in [2.05, 4.69) is 10.3 Å². The Balaban J connectivity index is 1.43. The van der Waals surface area contributed by atoms with E-state index in [0.717, 1.165) is 17.5 Å². The maximum absolute atomic E-state index is 13.1. The summed E-state index contributed by atoms with van der Waals surface area (Å²) in [5.41, 5.74) is 2.89. The molecule has 0 aliphatic heterocycles. The zero-order valence-electron chi connectivity index (χ0n) is 24.3. The lowest BCUT2D eigenvalue weighted by Gasteiger charge is -2.17. The zero-order chi connectivity index (χ0) is 31.1. The number of aromatic amines is 1. The van der Waals surface area contributed by atoms with E-state index in [9.17, 15) is 19.2 Å². The lowest BCUT2D eigenvalue weighted by atomic mass is 10.0. The molecule has 0 unspecified atom stereocenters. The second-order valence-corrected chi connectivity index (χ2v) is 9.79. The van der Waals surface area contributed by atoms with Gasteiger partial charge in [0.15, 0.2) is 6.61 Å². The lowest BCUT2D eigenvalue weighted by molar-refractivity contribution is -0.160. The van der Waals surface area contributed by atoms with Crippen LogP contribution in [0.3, 0.4) is 0 Å². The Morgan fingerprint density at radius 2 is 1.50 bits per heavy atom. The Kier molecular flexibility index (Phi) is 11.7. The third kappa shape index (κ3) is 9.90. The van der Waals surface area contributed by atoms with Gasteiger partial charge in [-0.3, -0.25) is 0 Å². The molecule has 0 fully saturated rings. The summed E-state index contributed by atoms with van der Waals surface area (Å²) in [4.78, 5) is 53.1. The number of unbranched alkanes of at least 4 members (excludes halogenated alkanes) is 1. The fourth-order valence-corrected chi connectivity index (χ4v) is 4.15. The largest absolute Gasteiger partial charge is 0.514 e. The number of esters is 2. The number of aromatic nitrogens is 1. The van der Waals surface area contributed by atoms with Crippen molar-refractivity contribution in [2.75, 3.05) is 13.2 Å². The van der Waals surface area contributed by atoms with Crippen LogP contribution >= 0.6 is 0 Å². The zero-order valence-corrected chi connectivity index (χ0v) is 24.3. The molecule has 1 amide bonds. The molecule has 3 aromatic carbocycles. The van der Waals surface area contributed by atoms with Crippen molar-refractivity contribution in [3.05, 3.63) is 102 Å². The average Bonchev–Trinajstić information content (AvgIpc) is 3.44. The van der Waals surface area contributed by atoms with Crippen LogP contribution in [0, 0.1) is 0 Å². The van der Waals surface area contributed by atoms with E-state index in [-0.39, 0.29) is 32.0 Å². The molecule has 4 aromatic rings. The minimum atomic E-state index is -1.21. The van der Waals surface area contributed by atoms with Crippen molar-refractivity contribution in [1.82, 2.24) is 10.3 Å². The number of H-pyrrole nitrogens is 1. The van der Waals surface area contributed by atoms with Gasteiger partial charge in [-0.15, -0.1) is 0 Å². The molecule has 0 radical (unpaired) electrons. The fourth-order valence-electron chi connectivity index (χ4n) is 4.15. The summed E-state index contributed by atoms with van der Waals surface area (Å²) in [6, 6.07) is 22.0. The van der Waals surface area contributed by atoms with Crippen LogP contribution in [0.5, 0.6) is 5.75 Å². The molecule has 0 saturated carbocycles. The number of nitrogens with one attached hydrogen (secondary N) is 2. The maximum Gasteiger partial charge on any atom is 0.514 e. The van der Waals surface area contributed by atoms with Gasteiger partial charge in [0.05, 0.1) is 6.61 Å². The van der Waals surface area contributed by atoms with Crippen molar-refractivity contribution in [3.63, 3.8) is 0 Å². The smallest absolute Gasteiger partial charge is 0.463 e. The molecule has 11 nitrogen and oxygen atoms in total. The summed E-state index contributed by atoms with van der Waals surface area (Å²) in [5.74, 6) is -1.31. The first-order valence-corrected chi connectivity index (χ1v) is 14.2. The Labute approximate surface area is 254 Å². The van der Waals surface area contributed by atoms with Gasteiger partial charge in [-0.25, -0.2) is 19.2 Å². The van der Waals surface area contributed by atoms with Gasteiger partial charge in [-0.05, 0) is 41.3 Å². The van der Waals surface area contributed by atoms with Crippen molar-refractivity contribution in [2.45, 2.75) is 45.4 Å². The highest BCUT2D eigenvalue weighted by atomic mass is 16.7. The molecule has 44 heavy (non-hydrogen) atoms. The number of amides is 1. The van der Waals surface area contributed by atoms with Crippen LogP contribution in [0.2, 0.25) is 0 Å². The molecule has 0 spiro atoms. The predicted octanol–water partition coefficient (Wildman–Crippen LogP) is 5.61. The molecule has 11 heteroatoms. The first-order chi connectivity index (χ1) is 21.4. The van der Waals surface area contributed by atoms with Crippen LogP contribution in [0.1, 0.15) is 36.5 Å². The molecule has 1 heterocycles. The molecule has 2 N–H and O–H groups in total. The van der Waals surface area contributed by atoms with Crippen LogP contribution in [-0.4, -0.2) is 48.4 Å². The average molecular weight is 603 g/mol. The number of ether oxygens (including phenoxy) is 5. The summed E-state index contributed by atoms with van der Waals surface area (Å²) in [7, 11) is 0. The highest BCUT2D eigenvalue weighted by Gasteiger charge is 2.26. The molecule has 4 rings (SSSR count). The van der Waals surface area contributed by atoms with Crippen LogP contribution < -0.4 is 10.1 Å². The van der Waals surface area contributed by atoms with Crippen molar-refractivity contribution in [2.24, 2.45) is 0 Å². The van der Waals surface area contributed by atoms with E-state index in [1.807, 2.05) is 55.5 Å². The van der Waals surface area contributed by atoms with Gasteiger partial charge in [0.2, 0.25) is 0 Å². The van der Waals surface area contributed by atoms with Gasteiger partial charge in [0.25, 0.3) is 0 Å². The molecule has 0 aliphatic carbocycles. The van der Waals surface area contributed by atoms with Gasteiger partial charge in [-0.2, -0.15) is 0 Å². The Bertz CT molecular complexity index is 1540. The molecule has 230 valence electrons. The normalized spacial score (nSPS) is 11.3. The molecule has 1 atom stereocenters. The summed E-state index contributed by atoms with van der Waals surface area (Å²) in [6.07, 6.45) is 1.46. The van der Waals surface area contributed by atoms with Gasteiger partial charge in [0.1, 0.15) is 25.0 Å². The van der Waals surface area contributed by atoms with E-state index in [1.165, 1.54) is 0 Å². The quantitative estimate of drug-likeness (QED) is 0.0815. The van der Waals surface area contributed by atoms with Crippen LogP contribution in [0.25, 0.3) is 10.9 Å². The topological polar surface area (TPSA) is 142 Å². The highest BCUT2D eigenvalue weighted by Crippen LogP contribution is 2.25. The standard InChI is InChI=1S/C33H34N2O9/c1-2-3-16-40-30(36)22-41-31(37)29(35-32(38)42-20-23-10-6-4-7-11-23)17-25-19-34-28-15-14-26(18-27(25)28)44-33(39)43-21-24-12-8-5-9-13-24/h4-15,18-19,29,34H,2-3,16-17,20-22H2,1H3,(H,35,38)/t29-/m0/s1. The second-order valence-electron chi connectivity index (χ2n) is 9.79. The predicted molar refractivity (Wildman–Crippen MR) is 160 cm³/mol. The SMILES string of the molecule is CCCCOC(=O)COC(=O)[C@H](Cc1c[nH]c2ccc(OC(=O)OCc3ccccc3)cc12)NC(=O)OCc1ccccc1. The number of hydrogen-bond acceptors (Lipinski definition) is 9. The number of benzene rings is 3. The maximum atomic E-state index is 13.1. The van der Waals surface area contributed by atoms with E-state index in [4.69, 9.17) is 23.7 Å². The minimum absolute atomic E-state index is 0.00759. The molecular weight excluding hydrogens is 568 g/mol. The minimum Gasteiger partial charge on any atom is -0.463 e. The van der Waals surface area contributed by atoms with E-state index in [1.54, 1.807) is 36.5 Å². The number of hydrogen-bond donors (Lipinski definition) is 2. The number of fused-ring (bicyclic) bond motifs is 1.